The van der Waals surface area contributed by atoms with Crippen molar-refractivity contribution in [2.75, 3.05) is 19.6 Å². The van der Waals surface area contributed by atoms with Gasteiger partial charge in [-0.1, -0.05) is 35.6 Å². The summed E-state index contributed by atoms with van der Waals surface area (Å²) in [6.07, 6.45) is 1.15. The first kappa shape index (κ1) is 17.5. The van der Waals surface area contributed by atoms with Crippen LogP contribution < -0.4 is 4.74 Å². The molecule has 1 amide bonds. The third kappa shape index (κ3) is 3.31. The standard InChI is InChI=1S/C21H21N3O3S/c25-21(26)24-13-15-11-16(24)12-23(15)10-9-14-5-7-17(8-6-14)27-20-22-18-3-1-2-4-19(18)28-20/h1-8,15-16H,9-13H2,(H,25,26)/t15?,16-/m0/s1. The number of carboxylic acid groups (broad SMARTS) is 1. The van der Waals surface area contributed by atoms with Gasteiger partial charge in [0.15, 0.2) is 0 Å². The van der Waals surface area contributed by atoms with Gasteiger partial charge in [-0.2, -0.15) is 0 Å². The van der Waals surface area contributed by atoms with Crippen molar-refractivity contribution in [1.29, 1.82) is 0 Å². The van der Waals surface area contributed by atoms with Crippen LogP contribution in [0.25, 0.3) is 10.2 Å². The monoisotopic (exact) mass is 395 g/mol. The Hall–Kier alpha value is -2.64. The Bertz CT molecular complexity index is 971. The van der Waals surface area contributed by atoms with Crippen molar-refractivity contribution < 1.29 is 14.6 Å². The van der Waals surface area contributed by atoms with Crippen LogP contribution in [-0.2, 0) is 6.42 Å². The molecule has 2 atom stereocenters. The fraction of sp³-hybridized carbons (Fsp3) is 0.333. The summed E-state index contributed by atoms with van der Waals surface area (Å²) in [6, 6.07) is 16.7. The first-order valence-corrected chi connectivity index (χ1v) is 10.3. The van der Waals surface area contributed by atoms with Gasteiger partial charge < -0.3 is 14.7 Å². The molecule has 0 aliphatic carbocycles. The number of hydrogen-bond donors (Lipinski definition) is 1. The van der Waals surface area contributed by atoms with Gasteiger partial charge >= 0.3 is 6.09 Å². The maximum absolute atomic E-state index is 11.2. The van der Waals surface area contributed by atoms with Gasteiger partial charge in [0.2, 0.25) is 0 Å². The summed E-state index contributed by atoms with van der Waals surface area (Å²) in [6.45, 7) is 2.47. The van der Waals surface area contributed by atoms with Crippen molar-refractivity contribution in [1.82, 2.24) is 14.8 Å². The summed E-state index contributed by atoms with van der Waals surface area (Å²) in [4.78, 5) is 19.7. The second kappa shape index (κ2) is 7.07. The van der Waals surface area contributed by atoms with Crippen molar-refractivity contribution in [3.63, 3.8) is 0 Å². The van der Waals surface area contributed by atoms with E-state index in [9.17, 15) is 9.90 Å². The Morgan fingerprint density at radius 1 is 1.14 bits per heavy atom. The number of amides is 1. The molecule has 1 N–H and O–H groups in total. The molecule has 0 radical (unpaired) electrons. The van der Waals surface area contributed by atoms with Crippen LogP contribution in [0.2, 0.25) is 0 Å². The lowest BCUT2D eigenvalue weighted by Gasteiger charge is -2.32. The number of likely N-dealkylation sites (tertiary alicyclic amines) is 2. The molecule has 28 heavy (non-hydrogen) atoms. The van der Waals surface area contributed by atoms with Crippen molar-refractivity contribution >= 4 is 27.6 Å². The quantitative estimate of drug-likeness (QED) is 0.706. The van der Waals surface area contributed by atoms with Gasteiger partial charge in [0.25, 0.3) is 5.19 Å². The van der Waals surface area contributed by atoms with E-state index in [1.54, 1.807) is 16.2 Å². The lowest BCUT2D eigenvalue weighted by Crippen LogP contribution is -2.48. The number of thiazole rings is 1. The number of benzene rings is 2. The minimum absolute atomic E-state index is 0.173. The van der Waals surface area contributed by atoms with Gasteiger partial charge in [-0.25, -0.2) is 9.78 Å². The molecule has 7 heteroatoms. The second-order valence-corrected chi connectivity index (χ2v) is 8.41. The molecule has 2 fully saturated rings. The van der Waals surface area contributed by atoms with Crippen LogP contribution in [0.4, 0.5) is 4.79 Å². The Kier molecular flexibility index (Phi) is 4.41. The van der Waals surface area contributed by atoms with E-state index in [0.717, 1.165) is 41.9 Å². The molecule has 2 aliphatic heterocycles. The normalized spacial score (nSPS) is 21.5. The molecule has 5 rings (SSSR count). The zero-order valence-electron chi connectivity index (χ0n) is 15.3. The first-order valence-electron chi connectivity index (χ1n) is 9.52. The van der Waals surface area contributed by atoms with Gasteiger partial charge in [-0.05, 0) is 42.7 Å². The van der Waals surface area contributed by atoms with Crippen LogP contribution in [0.3, 0.4) is 0 Å². The maximum atomic E-state index is 11.2. The first-order chi connectivity index (χ1) is 13.7. The van der Waals surface area contributed by atoms with Gasteiger partial charge in [0.1, 0.15) is 5.75 Å². The highest BCUT2D eigenvalue weighted by molar-refractivity contribution is 7.20. The third-order valence-corrected chi connectivity index (χ3v) is 6.60. The van der Waals surface area contributed by atoms with Gasteiger partial charge in [-0.3, -0.25) is 4.90 Å². The topological polar surface area (TPSA) is 65.9 Å². The second-order valence-electron chi connectivity index (χ2n) is 7.42. The van der Waals surface area contributed by atoms with E-state index in [4.69, 9.17) is 4.74 Å². The van der Waals surface area contributed by atoms with E-state index in [1.165, 1.54) is 5.56 Å². The van der Waals surface area contributed by atoms with Crippen LogP contribution in [0.1, 0.15) is 12.0 Å². The number of ether oxygens (including phenoxy) is 1. The largest absolute Gasteiger partial charge is 0.465 e. The smallest absolute Gasteiger partial charge is 0.407 e. The average Bonchev–Trinajstić information content (AvgIpc) is 3.40. The number of carbonyl (C=O) groups is 1. The van der Waals surface area contributed by atoms with Gasteiger partial charge in [-0.15, -0.1) is 0 Å². The summed E-state index contributed by atoms with van der Waals surface area (Å²) in [7, 11) is 0. The number of piperazine rings is 1. The molecule has 0 spiro atoms. The molecule has 2 bridgehead atoms. The Labute approximate surface area is 167 Å². The number of aromatic nitrogens is 1. The molecule has 3 aromatic rings. The van der Waals surface area contributed by atoms with Crippen molar-refractivity contribution in [2.24, 2.45) is 0 Å². The van der Waals surface area contributed by atoms with E-state index in [1.807, 2.05) is 36.4 Å². The Morgan fingerprint density at radius 3 is 2.68 bits per heavy atom. The zero-order chi connectivity index (χ0) is 19.1. The summed E-state index contributed by atoms with van der Waals surface area (Å²) in [5.74, 6) is 0.792. The zero-order valence-corrected chi connectivity index (χ0v) is 16.1. The van der Waals surface area contributed by atoms with Gasteiger partial charge in [0, 0.05) is 31.7 Å². The molecule has 3 heterocycles. The molecular weight excluding hydrogens is 374 g/mol. The molecule has 1 aromatic heterocycles. The minimum atomic E-state index is -0.782. The van der Waals surface area contributed by atoms with E-state index in [0.29, 0.717) is 17.8 Å². The summed E-state index contributed by atoms with van der Waals surface area (Å²) >= 11 is 1.55. The molecule has 0 saturated carbocycles. The molecule has 2 saturated heterocycles. The third-order valence-electron chi connectivity index (χ3n) is 5.69. The van der Waals surface area contributed by atoms with Crippen molar-refractivity contribution in [3.8, 4) is 10.9 Å². The Morgan fingerprint density at radius 2 is 1.96 bits per heavy atom. The molecule has 2 aromatic carbocycles. The van der Waals surface area contributed by atoms with Crippen molar-refractivity contribution in [3.05, 3.63) is 54.1 Å². The average molecular weight is 395 g/mol. The number of hydrogen-bond acceptors (Lipinski definition) is 5. The number of nitrogens with zero attached hydrogens (tertiary/aromatic N) is 3. The number of fused-ring (bicyclic) bond motifs is 3. The van der Waals surface area contributed by atoms with E-state index >= 15 is 0 Å². The highest BCUT2D eigenvalue weighted by Gasteiger charge is 2.44. The summed E-state index contributed by atoms with van der Waals surface area (Å²) < 4.78 is 7.03. The molecule has 144 valence electrons. The number of para-hydroxylation sites is 1. The minimum Gasteiger partial charge on any atom is -0.465 e. The van der Waals surface area contributed by atoms with Crippen LogP contribution in [0, 0.1) is 0 Å². The highest BCUT2D eigenvalue weighted by Crippen LogP contribution is 2.32. The lowest BCUT2D eigenvalue weighted by molar-refractivity contribution is 0.103. The van der Waals surface area contributed by atoms with E-state index in [2.05, 4.69) is 22.0 Å². The summed E-state index contributed by atoms with van der Waals surface area (Å²) in [5, 5.41) is 9.85. The van der Waals surface area contributed by atoms with Crippen molar-refractivity contribution in [2.45, 2.75) is 24.9 Å². The van der Waals surface area contributed by atoms with E-state index in [-0.39, 0.29) is 6.04 Å². The van der Waals surface area contributed by atoms with Crippen LogP contribution in [0.15, 0.2) is 48.5 Å². The maximum Gasteiger partial charge on any atom is 0.407 e. The number of rotatable bonds is 5. The fourth-order valence-corrected chi connectivity index (χ4v) is 5.08. The molecule has 6 nitrogen and oxygen atoms in total. The molecular formula is C21H21N3O3S. The fourth-order valence-electron chi connectivity index (χ4n) is 4.25. The SMILES string of the molecule is O=C(O)N1CC2C[C@H]1CN2CCc1ccc(Oc2nc3ccccc3s2)cc1. The van der Waals surface area contributed by atoms with Crippen LogP contribution >= 0.6 is 11.3 Å². The lowest BCUT2D eigenvalue weighted by atomic mass is 10.1. The van der Waals surface area contributed by atoms with Crippen LogP contribution in [0.5, 0.6) is 10.9 Å². The predicted octanol–water partition coefficient (Wildman–Crippen LogP) is 4.07. The van der Waals surface area contributed by atoms with Crippen LogP contribution in [-0.4, -0.2) is 57.7 Å². The Balaban J connectivity index is 1.17. The highest BCUT2D eigenvalue weighted by atomic mass is 32.1. The summed E-state index contributed by atoms with van der Waals surface area (Å²) in [5.41, 5.74) is 2.22. The predicted molar refractivity (Wildman–Crippen MR) is 108 cm³/mol. The van der Waals surface area contributed by atoms with E-state index < -0.39 is 6.09 Å². The van der Waals surface area contributed by atoms with Gasteiger partial charge in [0.05, 0.1) is 10.2 Å². The molecule has 1 unspecified atom stereocenters. The molecule has 2 aliphatic rings.